The van der Waals surface area contributed by atoms with E-state index in [2.05, 4.69) is 43.0 Å². The van der Waals surface area contributed by atoms with Crippen molar-refractivity contribution in [3.63, 3.8) is 0 Å². The SMILES string of the molecule is O=C1CCCC(=O)N1.[CH-]=O.[CH2-]c1c(C)ccc2c1OCC21CCN(CC2CCC3(CC2)CN(C(=O)OC(C)(C)C)C3)CC1.[Na+]. The summed E-state index contributed by atoms with van der Waals surface area (Å²) < 4.78 is 11.7. The summed E-state index contributed by atoms with van der Waals surface area (Å²) in [5.74, 6) is 1.57. The van der Waals surface area contributed by atoms with Crippen LogP contribution in [0.5, 0.6) is 5.75 Å². The van der Waals surface area contributed by atoms with Crippen LogP contribution in [0.4, 0.5) is 4.79 Å². The molecule has 1 saturated carbocycles. The standard InChI is InChI=1S/C28H41N2O3.C5H7NO2.CHO.Na/c1-20-6-7-23-24(21(20)2)32-19-28(23)12-14-29(15-13-28)16-22-8-10-27(11-9-22)17-30(18-27)25(31)33-26(3,4)5;7-4-2-1-3-5(8)6-4;1-2;/h6-7,22H,2,8-19H2,1,3-5H3;1-3H2,(H,6,7,8);1H;/q-1;;-1;+1. The zero-order chi connectivity index (χ0) is 31.4. The first kappa shape index (κ1) is 36.4. The number of likely N-dealkylation sites (tertiary alicyclic amines) is 2. The van der Waals surface area contributed by atoms with Gasteiger partial charge in [-0.2, -0.15) is 12.5 Å². The number of nitrogens with one attached hydrogen (secondary N) is 1. The van der Waals surface area contributed by atoms with Crippen LogP contribution in [0.15, 0.2) is 12.1 Å². The van der Waals surface area contributed by atoms with Crippen LogP contribution in [-0.4, -0.2) is 79.4 Å². The fraction of sp³-hybridized carbons (Fsp3) is 0.676. The molecule has 0 unspecified atom stereocenters. The van der Waals surface area contributed by atoms with Crippen molar-refractivity contribution in [3.05, 3.63) is 35.7 Å². The Bertz CT molecular complexity index is 1160. The number of imide groups is 1. The van der Waals surface area contributed by atoms with Gasteiger partial charge in [-0.1, -0.05) is 18.6 Å². The van der Waals surface area contributed by atoms with Crippen molar-refractivity contribution in [2.45, 2.75) is 96.5 Å². The van der Waals surface area contributed by atoms with Crippen LogP contribution in [0.3, 0.4) is 0 Å². The topological polar surface area (TPSA) is 105 Å². The molecule has 0 atom stereocenters. The van der Waals surface area contributed by atoms with Gasteiger partial charge in [-0.05, 0) is 84.7 Å². The van der Waals surface area contributed by atoms with Gasteiger partial charge in [0.15, 0.2) is 0 Å². The number of hydrogen-bond acceptors (Lipinski definition) is 7. The first-order valence-electron chi connectivity index (χ1n) is 15.7. The second-order valence-electron chi connectivity index (χ2n) is 14.2. The fourth-order valence-electron chi connectivity index (χ4n) is 7.24. The van der Waals surface area contributed by atoms with Crippen molar-refractivity contribution in [1.29, 1.82) is 0 Å². The largest absolute Gasteiger partial charge is 1.00 e. The molecule has 1 aromatic rings. The molecule has 1 N–H and O–H groups in total. The van der Waals surface area contributed by atoms with Crippen molar-refractivity contribution in [3.8, 4) is 5.75 Å². The molecular formula is C34H49N3NaO6-. The molecule has 4 aliphatic heterocycles. The molecule has 5 aliphatic rings. The van der Waals surface area contributed by atoms with Crippen molar-refractivity contribution in [2.75, 3.05) is 39.3 Å². The summed E-state index contributed by atoms with van der Waals surface area (Å²) in [6.07, 6.45) is 9.04. The Kier molecular flexibility index (Phi) is 12.4. The molecule has 4 heterocycles. The number of benzene rings is 1. The van der Waals surface area contributed by atoms with E-state index in [9.17, 15) is 14.4 Å². The number of piperidine rings is 2. The number of aryl methyl sites for hydroxylation is 1. The quantitative estimate of drug-likeness (QED) is 0.234. The van der Waals surface area contributed by atoms with Gasteiger partial charge in [0, 0.05) is 49.1 Å². The first-order chi connectivity index (χ1) is 20.4. The molecule has 1 aromatic carbocycles. The van der Waals surface area contributed by atoms with Gasteiger partial charge in [-0.25, -0.2) is 4.79 Å². The van der Waals surface area contributed by atoms with E-state index in [-0.39, 0.29) is 52.9 Å². The fourth-order valence-corrected chi connectivity index (χ4v) is 7.24. The minimum Gasteiger partial charge on any atom is -0.549 e. The molecular weight excluding hydrogens is 569 g/mol. The van der Waals surface area contributed by atoms with Crippen molar-refractivity contribution < 1.29 is 58.2 Å². The number of hydrogen-bond donors (Lipinski definition) is 1. The molecule has 10 heteroatoms. The number of amides is 3. The summed E-state index contributed by atoms with van der Waals surface area (Å²) in [5.41, 5.74) is 3.83. The maximum Gasteiger partial charge on any atom is 1.00 e. The first-order valence-corrected chi connectivity index (χ1v) is 15.7. The average molecular weight is 619 g/mol. The maximum absolute atomic E-state index is 12.3. The molecule has 2 spiro atoms. The minimum atomic E-state index is -0.411. The van der Waals surface area contributed by atoms with Gasteiger partial charge in [0.25, 0.3) is 0 Å². The van der Waals surface area contributed by atoms with Crippen LogP contribution < -0.4 is 39.6 Å². The number of nitrogens with zero attached hydrogens (tertiary/aromatic N) is 2. The van der Waals surface area contributed by atoms with Crippen molar-refractivity contribution in [1.82, 2.24) is 15.1 Å². The Morgan fingerprint density at radius 3 is 2.18 bits per heavy atom. The van der Waals surface area contributed by atoms with Gasteiger partial charge in [0.1, 0.15) is 5.60 Å². The van der Waals surface area contributed by atoms with E-state index in [0.717, 1.165) is 50.0 Å². The summed E-state index contributed by atoms with van der Waals surface area (Å²) in [6, 6.07) is 4.51. The predicted molar refractivity (Wildman–Crippen MR) is 164 cm³/mol. The molecule has 4 fully saturated rings. The molecule has 3 saturated heterocycles. The van der Waals surface area contributed by atoms with Gasteiger partial charge in [-0.3, -0.25) is 21.7 Å². The van der Waals surface area contributed by atoms with E-state index >= 15 is 0 Å². The summed E-state index contributed by atoms with van der Waals surface area (Å²) >= 11 is 0. The molecule has 6 rings (SSSR count). The molecule has 1 aliphatic carbocycles. The molecule has 9 nitrogen and oxygen atoms in total. The third kappa shape index (κ3) is 8.59. The predicted octanol–water partition coefficient (Wildman–Crippen LogP) is 1.87. The molecule has 44 heavy (non-hydrogen) atoms. The van der Waals surface area contributed by atoms with Crippen molar-refractivity contribution >= 4 is 24.7 Å². The third-order valence-corrected chi connectivity index (χ3v) is 9.85. The number of rotatable bonds is 2. The van der Waals surface area contributed by atoms with Crippen LogP contribution in [0.1, 0.15) is 95.2 Å². The van der Waals surface area contributed by atoms with E-state index in [1.165, 1.54) is 56.2 Å². The van der Waals surface area contributed by atoms with E-state index < -0.39 is 5.60 Å². The van der Waals surface area contributed by atoms with Crippen LogP contribution in [0.25, 0.3) is 0 Å². The Labute approximate surface area is 285 Å². The Hall–Kier alpha value is -2.07. The number of carbonyl (C=O) groups is 3. The maximum atomic E-state index is 12.3. The third-order valence-electron chi connectivity index (χ3n) is 9.85. The zero-order valence-electron chi connectivity index (χ0n) is 27.5. The summed E-state index contributed by atoms with van der Waals surface area (Å²) in [6.45, 7) is 21.6. The number of fused-ring (bicyclic) bond motifs is 2. The normalized spacial score (nSPS) is 22.1. The molecule has 238 valence electrons. The second kappa shape index (κ2) is 15.0. The van der Waals surface area contributed by atoms with Crippen LogP contribution >= 0.6 is 0 Å². The number of carbonyl (C=O) groups excluding carboxylic acids is 4. The van der Waals surface area contributed by atoms with Crippen LogP contribution in [-0.2, 0) is 24.5 Å². The Morgan fingerprint density at radius 2 is 1.66 bits per heavy atom. The summed E-state index contributed by atoms with van der Waals surface area (Å²) in [5, 5.41) is 2.20. The smallest absolute Gasteiger partial charge is 0.549 e. The van der Waals surface area contributed by atoms with Crippen molar-refractivity contribution in [2.24, 2.45) is 11.3 Å². The molecule has 0 radical (unpaired) electrons. The molecule has 3 amide bonds. The van der Waals surface area contributed by atoms with Gasteiger partial charge >= 0.3 is 35.7 Å². The summed E-state index contributed by atoms with van der Waals surface area (Å²) in [4.78, 5) is 45.3. The van der Waals surface area contributed by atoms with Gasteiger partial charge < -0.3 is 24.1 Å². The molecule has 0 aromatic heterocycles. The molecule has 0 bridgehead atoms. The van der Waals surface area contributed by atoms with E-state index in [1.54, 1.807) is 0 Å². The van der Waals surface area contributed by atoms with E-state index in [1.807, 2.05) is 25.7 Å². The van der Waals surface area contributed by atoms with Crippen LogP contribution in [0, 0.1) is 25.2 Å². The minimum absolute atomic E-state index is 0. The second-order valence-corrected chi connectivity index (χ2v) is 14.2. The average Bonchev–Trinajstić information content (AvgIpc) is 3.30. The van der Waals surface area contributed by atoms with E-state index in [0.29, 0.717) is 24.7 Å². The van der Waals surface area contributed by atoms with Gasteiger partial charge in [0.2, 0.25) is 11.8 Å². The van der Waals surface area contributed by atoms with Gasteiger partial charge in [0.05, 0.1) is 6.61 Å². The monoisotopic (exact) mass is 618 g/mol. The Balaban J connectivity index is 0.000000415. The Morgan fingerprint density at radius 1 is 1.07 bits per heavy atom. The zero-order valence-corrected chi connectivity index (χ0v) is 29.5. The van der Waals surface area contributed by atoms with Gasteiger partial charge in [-0.15, -0.1) is 11.6 Å². The number of ether oxygens (including phenoxy) is 2. The van der Waals surface area contributed by atoms with Crippen LogP contribution in [0.2, 0.25) is 0 Å². The summed E-state index contributed by atoms with van der Waals surface area (Å²) in [7, 11) is 0. The van der Waals surface area contributed by atoms with E-state index in [4.69, 9.17) is 14.3 Å².